The van der Waals surface area contributed by atoms with Crippen LogP contribution in [0.4, 0.5) is 0 Å². The molecular weight excluding hydrogens is 264 g/mol. The van der Waals surface area contributed by atoms with Crippen LogP contribution in [0.5, 0.6) is 11.8 Å². The fraction of sp³-hybridized carbons (Fsp3) is 0.471. The summed E-state index contributed by atoms with van der Waals surface area (Å²) in [7, 11) is 0. The summed E-state index contributed by atoms with van der Waals surface area (Å²) in [5, 5.41) is 3.29. The Hall–Kier alpha value is -1.81. The highest BCUT2D eigenvalue weighted by molar-refractivity contribution is 5.37. The molecule has 2 rings (SSSR count). The maximum atomic E-state index is 5.68. The fourth-order valence-corrected chi connectivity index (χ4v) is 2.19. The summed E-state index contributed by atoms with van der Waals surface area (Å²) in [4.78, 5) is 4.31. The summed E-state index contributed by atoms with van der Waals surface area (Å²) in [6.07, 6.45) is 1.91. The minimum Gasteiger partial charge on any atom is -0.417 e. The Bertz CT molecular complexity index is 588. The lowest BCUT2D eigenvalue weighted by molar-refractivity contribution is 0.330. The minimum absolute atomic E-state index is 0.284. The second-order valence-corrected chi connectivity index (χ2v) is 5.92. The second-order valence-electron chi connectivity index (χ2n) is 5.92. The highest BCUT2D eigenvalue weighted by atomic mass is 16.6. The van der Waals surface area contributed by atoms with Gasteiger partial charge in [-0.3, -0.25) is 0 Å². The van der Waals surface area contributed by atoms with Crippen molar-refractivity contribution in [3.05, 3.63) is 41.3 Å². The van der Waals surface area contributed by atoms with E-state index < -0.39 is 0 Å². The number of hydrogen-bond donors (Lipinski definition) is 1. The molecule has 4 nitrogen and oxygen atoms in total. The zero-order valence-electron chi connectivity index (χ0n) is 13.4. The van der Waals surface area contributed by atoms with Crippen LogP contribution in [0.15, 0.2) is 28.9 Å². The number of hydrogen-bond acceptors (Lipinski definition) is 4. The van der Waals surface area contributed by atoms with Crippen LogP contribution in [0.1, 0.15) is 50.4 Å². The molecule has 0 bridgehead atoms. The summed E-state index contributed by atoms with van der Waals surface area (Å²) in [5.74, 6) is 1.26. The van der Waals surface area contributed by atoms with Crippen LogP contribution >= 0.6 is 0 Å². The molecule has 0 fully saturated rings. The first kappa shape index (κ1) is 15.6. The van der Waals surface area contributed by atoms with Crippen LogP contribution < -0.4 is 10.1 Å². The van der Waals surface area contributed by atoms with E-state index in [0.717, 1.165) is 11.4 Å². The summed E-state index contributed by atoms with van der Waals surface area (Å²) < 4.78 is 11.0. The molecule has 2 aromatic rings. The highest BCUT2D eigenvalue weighted by Gasteiger charge is 2.09. The molecule has 1 aromatic carbocycles. The molecule has 0 atom stereocenters. The topological polar surface area (TPSA) is 47.3 Å². The monoisotopic (exact) mass is 288 g/mol. The van der Waals surface area contributed by atoms with Gasteiger partial charge in [0.05, 0.1) is 5.69 Å². The minimum atomic E-state index is 0.284. The van der Waals surface area contributed by atoms with Gasteiger partial charge in [-0.15, -0.1) is 0 Å². The Morgan fingerprint density at radius 3 is 2.62 bits per heavy atom. The average Bonchev–Trinajstić information content (AvgIpc) is 2.83. The van der Waals surface area contributed by atoms with Gasteiger partial charge in [0.25, 0.3) is 0 Å². The molecular formula is C17H24N2O2. The van der Waals surface area contributed by atoms with Gasteiger partial charge in [-0.1, -0.05) is 33.8 Å². The van der Waals surface area contributed by atoms with E-state index in [2.05, 4.69) is 51.0 Å². The van der Waals surface area contributed by atoms with Crippen LogP contribution in [-0.4, -0.2) is 11.0 Å². The molecule has 4 heteroatoms. The molecule has 21 heavy (non-hydrogen) atoms. The van der Waals surface area contributed by atoms with E-state index in [9.17, 15) is 0 Å². The molecule has 0 amide bonds. The Balaban J connectivity index is 2.03. The Labute approximate surface area is 126 Å². The van der Waals surface area contributed by atoms with Gasteiger partial charge in [0.2, 0.25) is 0 Å². The Kier molecular flexibility index (Phi) is 5.02. The van der Waals surface area contributed by atoms with Crippen LogP contribution in [0, 0.1) is 6.92 Å². The first-order valence-corrected chi connectivity index (χ1v) is 7.42. The maximum Gasteiger partial charge on any atom is 0.399 e. The van der Waals surface area contributed by atoms with Crippen molar-refractivity contribution in [3.8, 4) is 11.8 Å². The van der Waals surface area contributed by atoms with Gasteiger partial charge in [-0.2, -0.15) is 4.98 Å². The fourth-order valence-electron chi connectivity index (χ4n) is 2.19. The molecule has 0 aliphatic heterocycles. The van der Waals surface area contributed by atoms with E-state index in [-0.39, 0.29) is 6.08 Å². The largest absolute Gasteiger partial charge is 0.417 e. The molecule has 0 unspecified atom stereocenters. The number of oxazole rings is 1. The molecule has 0 saturated carbocycles. The van der Waals surface area contributed by atoms with Crippen LogP contribution in [0.3, 0.4) is 0 Å². The van der Waals surface area contributed by atoms with E-state index in [4.69, 9.17) is 9.15 Å². The number of aryl methyl sites for hydroxylation is 1. The lowest BCUT2D eigenvalue weighted by Crippen LogP contribution is -2.21. The standard InChI is InChI=1S/C17H24N2O2/c1-11(2)16-7-6-15(8-13(16)5)21-17-19-14(10-20-17)9-18-12(3)4/h6-8,10-12,18H,9H2,1-5H3. The van der Waals surface area contributed by atoms with Crippen LogP contribution in [0.25, 0.3) is 0 Å². The zero-order chi connectivity index (χ0) is 15.4. The third-order valence-electron chi connectivity index (χ3n) is 3.29. The molecule has 0 radical (unpaired) electrons. The molecule has 0 aliphatic carbocycles. The predicted molar refractivity (Wildman–Crippen MR) is 83.8 cm³/mol. The van der Waals surface area contributed by atoms with Crippen molar-refractivity contribution >= 4 is 0 Å². The number of nitrogens with one attached hydrogen (secondary N) is 1. The quantitative estimate of drug-likeness (QED) is 0.856. The van der Waals surface area contributed by atoms with Crippen molar-refractivity contribution in [1.82, 2.24) is 10.3 Å². The molecule has 1 N–H and O–H groups in total. The molecule has 114 valence electrons. The predicted octanol–water partition coefficient (Wildman–Crippen LogP) is 4.40. The van der Waals surface area contributed by atoms with Crippen molar-refractivity contribution in [2.24, 2.45) is 0 Å². The molecule has 1 aromatic heterocycles. The van der Waals surface area contributed by atoms with Crippen molar-refractivity contribution in [2.45, 2.75) is 53.1 Å². The number of nitrogens with zero attached hydrogens (tertiary/aromatic N) is 1. The van der Waals surface area contributed by atoms with Gasteiger partial charge in [-0.05, 0) is 36.1 Å². The number of ether oxygens (including phenoxy) is 1. The van der Waals surface area contributed by atoms with E-state index in [0.29, 0.717) is 18.5 Å². The van der Waals surface area contributed by atoms with Crippen LogP contribution in [-0.2, 0) is 6.54 Å². The Morgan fingerprint density at radius 2 is 2.00 bits per heavy atom. The zero-order valence-corrected chi connectivity index (χ0v) is 13.4. The summed E-state index contributed by atoms with van der Waals surface area (Å²) in [6.45, 7) is 11.3. The van der Waals surface area contributed by atoms with Gasteiger partial charge in [0, 0.05) is 12.6 Å². The smallest absolute Gasteiger partial charge is 0.399 e. The van der Waals surface area contributed by atoms with Crippen molar-refractivity contribution < 1.29 is 9.15 Å². The third-order valence-corrected chi connectivity index (χ3v) is 3.29. The van der Waals surface area contributed by atoms with Gasteiger partial charge in [0.15, 0.2) is 0 Å². The number of benzene rings is 1. The lowest BCUT2D eigenvalue weighted by Gasteiger charge is -2.10. The van der Waals surface area contributed by atoms with Crippen molar-refractivity contribution in [1.29, 1.82) is 0 Å². The van der Waals surface area contributed by atoms with Crippen molar-refractivity contribution in [2.75, 3.05) is 0 Å². The highest BCUT2D eigenvalue weighted by Crippen LogP contribution is 2.26. The molecule has 0 spiro atoms. The first-order valence-electron chi connectivity index (χ1n) is 7.42. The first-order chi connectivity index (χ1) is 9.95. The normalized spacial score (nSPS) is 11.4. The van der Waals surface area contributed by atoms with Gasteiger partial charge < -0.3 is 14.5 Å². The van der Waals surface area contributed by atoms with E-state index in [1.165, 1.54) is 11.1 Å². The molecule has 0 aliphatic rings. The van der Waals surface area contributed by atoms with E-state index in [1.54, 1.807) is 6.26 Å². The summed E-state index contributed by atoms with van der Waals surface area (Å²) in [6, 6.07) is 6.49. The molecule has 1 heterocycles. The molecule has 0 saturated heterocycles. The summed E-state index contributed by atoms with van der Waals surface area (Å²) in [5.41, 5.74) is 3.39. The van der Waals surface area contributed by atoms with Gasteiger partial charge in [0.1, 0.15) is 12.0 Å². The SMILES string of the molecule is Cc1cc(Oc2nc(CNC(C)C)co2)ccc1C(C)C. The van der Waals surface area contributed by atoms with Gasteiger partial charge in [-0.25, -0.2) is 0 Å². The van der Waals surface area contributed by atoms with E-state index in [1.807, 2.05) is 12.1 Å². The van der Waals surface area contributed by atoms with E-state index >= 15 is 0 Å². The number of rotatable bonds is 6. The summed E-state index contributed by atoms with van der Waals surface area (Å²) >= 11 is 0. The van der Waals surface area contributed by atoms with Gasteiger partial charge >= 0.3 is 6.08 Å². The Morgan fingerprint density at radius 1 is 1.24 bits per heavy atom. The second kappa shape index (κ2) is 6.76. The van der Waals surface area contributed by atoms with Crippen LogP contribution in [0.2, 0.25) is 0 Å². The third kappa shape index (κ3) is 4.33. The number of aromatic nitrogens is 1. The lowest BCUT2D eigenvalue weighted by atomic mass is 9.98. The van der Waals surface area contributed by atoms with Crippen molar-refractivity contribution in [3.63, 3.8) is 0 Å². The average molecular weight is 288 g/mol. The maximum absolute atomic E-state index is 5.68.